The Balaban J connectivity index is 3.21. The van der Waals surface area contributed by atoms with E-state index < -0.39 is 5.91 Å². The van der Waals surface area contributed by atoms with Crippen LogP contribution in [0.3, 0.4) is 0 Å². The fourth-order valence-electron chi connectivity index (χ4n) is 0.960. The summed E-state index contributed by atoms with van der Waals surface area (Å²) in [5.74, 6) is -0.667. The highest BCUT2D eigenvalue weighted by molar-refractivity contribution is 5.82. The minimum absolute atomic E-state index is 0.0719. The zero-order chi connectivity index (χ0) is 12.2. The van der Waals surface area contributed by atoms with Gasteiger partial charge in [-0.2, -0.15) is 0 Å². The van der Waals surface area contributed by atoms with Crippen LogP contribution in [0, 0.1) is 0 Å². The fourth-order valence-corrected chi connectivity index (χ4v) is 0.960. The number of hydrogen-bond acceptors (Lipinski definition) is 4. The monoisotopic (exact) mass is 230 g/mol. The summed E-state index contributed by atoms with van der Waals surface area (Å²) in [4.78, 5) is 31.3. The Morgan fingerprint density at radius 3 is 2.38 bits per heavy atom. The van der Waals surface area contributed by atoms with Crippen LogP contribution in [0.4, 0.5) is 0 Å². The molecule has 0 unspecified atom stereocenters. The van der Waals surface area contributed by atoms with Gasteiger partial charge >= 0.3 is 0 Å². The molecule has 0 saturated heterocycles. The number of carbonyl (C=O) groups is 3. The molecule has 7 heteroatoms. The van der Waals surface area contributed by atoms with Gasteiger partial charge < -0.3 is 21.7 Å². The summed E-state index contributed by atoms with van der Waals surface area (Å²) in [5, 5.41) is 8.14. The smallest absolute Gasteiger partial charge is 0.220 e. The second-order valence-electron chi connectivity index (χ2n) is 3.14. The summed E-state index contributed by atoms with van der Waals surface area (Å²) in [6.45, 7) is 2.30. The molecule has 0 bridgehead atoms. The number of hydrogen-bond donors (Lipinski definition) is 4. The molecule has 0 aliphatic heterocycles. The Hall–Kier alpha value is -1.63. The third-order valence-corrected chi connectivity index (χ3v) is 1.75. The van der Waals surface area contributed by atoms with Crippen LogP contribution in [-0.4, -0.2) is 44.4 Å². The predicted octanol–water partition coefficient (Wildman–Crippen LogP) is -2.30. The van der Waals surface area contributed by atoms with Crippen molar-refractivity contribution < 1.29 is 14.4 Å². The van der Waals surface area contributed by atoms with Crippen molar-refractivity contribution in [3.8, 4) is 0 Å². The number of primary amides is 1. The molecule has 0 aromatic carbocycles. The van der Waals surface area contributed by atoms with E-state index in [4.69, 9.17) is 5.73 Å². The molecular formula is C9H18N4O3. The summed E-state index contributed by atoms with van der Waals surface area (Å²) >= 11 is 0. The largest absolute Gasteiger partial charge is 0.370 e. The minimum Gasteiger partial charge on any atom is -0.370 e. The van der Waals surface area contributed by atoms with Gasteiger partial charge in [0.15, 0.2) is 0 Å². The van der Waals surface area contributed by atoms with Crippen LogP contribution in [0.2, 0.25) is 0 Å². The Morgan fingerprint density at radius 2 is 1.75 bits per heavy atom. The number of carbonyl (C=O) groups excluding carboxylic acids is 3. The summed E-state index contributed by atoms with van der Waals surface area (Å²) in [6, 6.07) is 0. The normalized spacial score (nSPS) is 9.50. The molecule has 0 fully saturated rings. The highest BCUT2D eigenvalue weighted by Gasteiger charge is 2.02. The van der Waals surface area contributed by atoms with Crippen LogP contribution in [-0.2, 0) is 14.4 Å². The SMILES string of the molecule is NC(=O)CCC(=O)NCCNCCNC=O. The maximum absolute atomic E-state index is 11.1. The average Bonchev–Trinajstić information content (AvgIpc) is 2.25. The van der Waals surface area contributed by atoms with Crippen molar-refractivity contribution in [2.75, 3.05) is 26.2 Å². The van der Waals surface area contributed by atoms with Crippen LogP contribution in [0.5, 0.6) is 0 Å². The molecule has 5 N–H and O–H groups in total. The molecule has 0 aromatic heterocycles. The van der Waals surface area contributed by atoms with Gasteiger partial charge in [0.2, 0.25) is 18.2 Å². The van der Waals surface area contributed by atoms with Crippen molar-refractivity contribution >= 4 is 18.2 Å². The molecule has 16 heavy (non-hydrogen) atoms. The number of nitrogens with two attached hydrogens (primary N) is 1. The van der Waals surface area contributed by atoms with Crippen LogP contribution < -0.4 is 21.7 Å². The van der Waals surface area contributed by atoms with Gasteiger partial charge in [-0.1, -0.05) is 0 Å². The predicted molar refractivity (Wildman–Crippen MR) is 58.4 cm³/mol. The molecule has 0 radical (unpaired) electrons. The molecule has 0 aliphatic rings. The first kappa shape index (κ1) is 14.4. The molecule has 92 valence electrons. The Kier molecular flexibility index (Phi) is 8.90. The molecule has 0 saturated carbocycles. The van der Waals surface area contributed by atoms with Crippen LogP contribution in [0.25, 0.3) is 0 Å². The number of rotatable bonds is 10. The Morgan fingerprint density at radius 1 is 1.06 bits per heavy atom. The van der Waals surface area contributed by atoms with Gasteiger partial charge in [0.1, 0.15) is 0 Å². The van der Waals surface area contributed by atoms with E-state index in [0.29, 0.717) is 32.6 Å². The summed E-state index contributed by atoms with van der Waals surface area (Å²) in [7, 11) is 0. The van der Waals surface area contributed by atoms with E-state index in [-0.39, 0.29) is 18.7 Å². The first-order valence-corrected chi connectivity index (χ1v) is 5.09. The van der Waals surface area contributed by atoms with E-state index in [2.05, 4.69) is 16.0 Å². The molecule has 0 rings (SSSR count). The lowest BCUT2D eigenvalue weighted by Crippen LogP contribution is -2.35. The van der Waals surface area contributed by atoms with Crippen molar-refractivity contribution in [3.05, 3.63) is 0 Å². The van der Waals surface area contributed by atoms with E-state index in [9.17, 15) is 14.4 Å². The quantitative estimate of drug-likeness (QED) is 0.250. The van der Waals surface area contributed by atoms with E-state index in [1.54, 1.807) is 0 Å². The molecular weight excluding hydrogens is 212 g/mol. The van der Waals surface area contributed by atoms with Crippen molar-refractivity contribution in [1.82, 2.24) is 16.0 Å². The van der Waals surface area contributed by atoms with Crippen LogP contribution in [0.1, 0.15) is 12.8 Å². The lowest BCUT2D eigenvalue weighted by Gasteiger charge is -2.05. The maximum atomic E-state index is 11.1. The van der Waals surface area contributed by atoms with Crippen LogP contribution >= 0.6 is 0 Å². The van der Waals surface area contributed by atoms with Gasteiger partial charge in [0.25, 0.3) is 0 Å². The van der Waals surface area contributed by atoms with Crippen molar-refractivity contribution in [3.63, 3.8) is 0 Å². The topological polar surface area (TPSA) is 113 Å². The van der Waals surface area contributed by atoms with Gasteiger partial charge in [0, 0.05) is 39.0 Å². The maximum Gasteiger partial charge on any atom is 0.220 e. The summed E-state index contributed by atoms with van der Waals surface area (Å²) in [5.41, 5.74) is 4.90. The highest BCUT2D eigenvalue weighted by Crippen LogP contribution is 1.85. The van der Waals surface area contributed by atoms with Gasteiger partial charge in [-0.3, -0.25) is 14.4 Å². The zero-order valence-electron chi connectivity index (χ0n) is 9.12. The fraction of sp³-hybridized carbons (Fsp3) is 0.667. The first-order valence-electron chi connectivity index (χ1n) is 5.09. The molecule has 0 spiro atoms. The Labute approximate surface area is 94.1 Å². The number of nitrogens with one attached hydrogen (secondary N) is 3. The Bertz CT molecular complexity index is 233. The zero-order valence-corrected chi connectivity index (χ0v) is 9.12. The van der Waals surface area contributed by atoms with E-state index >= 15 is 0 Å². The molecule has 0 aliphatic carbocycles. The molecule has 7 nitrogen and oxygen atoms in total. The number of amides is 3. The second kappa shape index (κ2) is 9.91. The highest BCUT2D eigenvalue weighted by atomic mass is 16.2. The molecule has 0 heterocycles. The lowest BCUT2D eigenvalue weighted by molar-refractivity contribution is -0.125. The van der Waals surface area contributed by atoms with Gasteiger partial charge in [0.05, 0.1) is 0 Å². The van der Waals surface area contributed by atoms with E-state index in [1.165, 1.54) is 0 Å². The van der Waals surface area contributed by atoms with Crippen molar-refractivity contribution in [2.45, 2.75) is 12.8 Å². The standard InChI is InChI=1S/C9H18N4O3/c10-8(15)1-2-9(16)13-6-5-11-3-4-12-7-14/h7,11H,1-6H2,(H2,10,15)(H,12,14)(H,13,16). The molecule has 3 amide bonds. The molecule has 0 atom stereocenters. The minimum atomic E-state index is -0.479. The lowest BCUT2D eigenvalue weighted by atomic mass is 10.3. The van der Waals surface area contributed by atoms with Gasteiger partial charge in [-0.25, -0.2) is 0 Å². The third kappa shape index (κ3) is 10.5. The van der Waals surface area contributed by atoms with E-state index in [0.717, 1.165) is 0 Å². The second-order valence-corrected chi connectivity index (χ2v) is 3.14. The first-order chi connectivity index (χ1) is 7.66. The van der Waals surface area contributed by atoms with Gasteiger partial charge in [-0.05, 0) is 0 Å². The summed E-state index contributed by atoms with van der Waals surface area (Å²) < 4.78 is 0. The van der Waals surface area contributed by atoms with Gasteiger partial charge in [-0.15, -0.1) is 0 Å². The van der Waals surface area contributed by atoms with Crippen molar-refractivity contribution in [2.24, 2.45) is 5.73 Å². The third-order valence-electron chi connectivity index (χ3n) is 1.75. The van der Waals surface area contributed by atoms with E-state index in [1.807, 2.05) is 0 Å². The summed E-state index contributed by atoms with van der Waals surface area (Å²) in [6.07, 6.45) is 0.831. The van der Waals surface area contributed by atoms with Crippen molar-refractivity contribution in [1.29, 1.82) is 0 Å². The van der Waals surface area contributed by atoms with Crippen LogP contribution in [0.15, 0.2) is 0 Å². The average molecular weight is 230 g/mol. The molecule has 0 aromatic rings.